The third-order valence-electron chi connectivity index (χ3n) is 3.63. The number of hydrogen-bond donors (Lipinski definition) is 2. The summed E-state index contributed by atoms with van der Waals surface area (Å²) in [6.07, 6.45) is 0. The molecule has 0 atom stereocenters. The van der Waals surface area contributed by atoms with Crippen LogP contribution in [0.15, 0.2) is 39.5 Å². The molecular formula is C18H16BrN3O4S2. The molecule has 0 aliphatic rings. The van der Waals surface area contributed by atoms with Gasteiger partial charge in [0.15, 0.2) is 16.6 Å². The molecule has 0 radical (unpaired) electrons. The summed E-state index contributed by atoms with van der Waals surface area (Å²) in [6.45, 7) is -0.174. The Hall–Kier alpha value is -2.43. The maximum atomic E-state index is 12.3. The first kappa shape index (κ1) is 20.3. The average molecular weight is 482 g/mol. The molecule has 7 nitrogen and oxygen atoms in total. The van der Waals surface area contributed by atoms with Crippen LogP contribution in [0.25, 0.3) is 10.6 Å². The Balaban J connectivity index is 1.56. The molecule has 1 aromatic carbocycles. The fourth-order valence-electron chi connectivity index (χ4n) is 2.30. The molecule has 2 aromatic heterocycles. The lowest BCUT2D eigenvalue weighted by atomic mass is 10.2. The summed E-state index contributed by atoms with van der Waals surface area (Å²) in [7, 11) is 3.01. The summed E-state index contributed by atoms with van der Waals surface area (Å²) in [5, 5.41) is 7.61. The fraction of sp³-hybridized carbons (Fsp3) is 0.167. The number of benzene rings is 1. The fourth-order valence-corrected chi connectivity index (χ4v) is 4.45. The second kappa shape index (κ2) is 9.18. The number of carbonyl (C=O) groups is 2. The predicted molar refractivity (Wildman–Crippen MR) is 114 cm³/mol. The van der Waals surface area contributed by atoms with Gasteiger partial charge in [0.1, 0.15) is 0 Å². The number of rotatable bonds is 7. The van der Waals surface area contributed by atoms with E-state index < -0.39 is 0 Å². The third kappa shape index (κ3) is 4.89. The van der Waals surface area contributed by atoms with Crippen LogP contribution in [-0.4, -0.2) is 37.6 Å². The number of aromatic nitrogens is 1. The first-order chi connectivity index (χ1) is 13.5. The highest BCUT2D eigenvalue weighted by Gasteiger charge is 2.13. The first-order valence-corrected chi connectivity index (χ1v) is 10.5. The van der Waals surface area contributed by atoms with E-state index in [-0.39, 0.29) is 18.4 Å². The Labute approximate surface area is 177 Å². The van der Waals surface area contributed by atoms with Crippen molar-refractivity contribution in [2.24, 2.45) is 0 Å². The van der Waals surface area contributed by atoms with Crippen molar-refractivity contribution in [3.8, 4) is 22.1 Å². The number of anilines is 1. The molecule has 0 saturated heterocycles. The molecule has 0 aliphatic carbocycles. The molecule has 2 heterocycles. The van der Waals surface area contributed by atoms with Gasteiger partial charge in [-0.25, -0.2) is 4.98 Å². The molecule has 3 aromatic rings. The zero-order valence-corrected chi connectivity index (χ0v) is 18.2. The van der Waals surface area contributed by atoms with Crippen LogP contribution in [0.1, 0.15) is 10.4 Å². The van der Waals surface area contributed by atoms with Crippen LogP contribution in [0.5, 0.6) is 11.5 Å². The highest BCUT2D eigenvalue weighted by atomic mass is 79.9. The van der Waals surface area contributed by atoms with Crippen LogP contribution in [-0.2, 0) is 4.79 Å². The van der Waals surface area contributed by atoms with E-state index in [2.05, 4.69) is 31.5 Å². The van der Waals surface area contributed by atoms with Gasteiger partial charge < -0.3 is 20.1 Å². The molecule has 28 heavy (non-hydrogen) atoms. The second-order valence-corrected chi connectivity index (χ2v) is 8.76. The molecule has 2 N–H and O–H groups in total. The van der Waals surface area contributed by atoms with Crippen molar-refractivity contribution in [2.45, 2.75) is 0 Å². The Morgan fingerprint density at radius 3 is 2.61 bits per heavy atom. The van der Waals surface area contributed by atoms with Crippen molar-refractivity contribution >= 4 is 55.5 Å². The quantitative estimate of drug-likeness (QED) is 0.531. The van der Waals surface area contributed by atoms with Gasteiger partial charge >= 0.3 is 0 Å². The van der Waals surface area contributed by atoms with Gasteiger partial charge in [0, 0.05) is 10.9 Å². The molecule has 0 unspecified atom stereocenters. The number of nitrogens with zero attached hydrogens (tertiary/aromatic N) is 1. The number of methoxy groups -OCH3 is 2. The molecule has 0 fully saturated rings. The van der Waals surface area contributed by atoms with Gasteiger partial charge in [0.05, 0.1) is 35.1 Å². The minimum atomic E-state index is -0.389. The normalized spacial score (nSPS) is 10.4. The molecule has 0 saturated carbocycles. The van der Waals surface area contributed by atoms with Crippen LogP contribution in [0.3, 0.4) is 0 Å². The van der Waals surface area contributed by atoms with E-state index in [4.69, 9.17) is 9.47 Å². The minimum Gasteiger partial charge on any atom is -0.493 e. The Kier molecular flexibility index (Phi) is 6.65. The van der Waals surface area contributed by atoms with Crippen LogP contribution in [0.2, 0.25) is 0 Å². The lowest BCUT2D eigenvalue weighted by Crippen LogP contribution is -2.32. The van der Waals surface area contributed by atoms with Crippen molar-refractivity contribution in [3.63, 3.8) is 0 Å². The van der Waals surface area contributed by atoms with Crippen LogP contribution >= 0.6 is 38.6 Å². The molecule has 0 bridgehead atoms. The lowest BCUT2D eigenvalue weighted by Gasteiger charge is -2.10. The summed E-state index contributed by atoms with van der Waals surface area (Å²) in [6, 6.07) is 8.69. The van der Waals surface area contributed by atoms with E-state index in [9.17, 15) is 9.59 Å². The summed E-state index contributed by atoms with van der Waals surface area (Å²) < 4.78 is 11.3. The predicted octanol–water partition coefficient (Wildman–Crippen LogP) is 4.02. The lowest BCUT2D eigenvalue weighted by molar-refractivity contribution is -0.115. The molecule has 10 heteroatoms. The minimum absolute atomic E-state index is 0.174. The second-order valence-electron chi connectivity index (χ2n) is 5.44. The van der Waals surface area contributed by atoms with Crippen molar-refractivity contribution in [3.05, 3.63) is 45.1 Å². The molecule has 2 amide bonds. The van der Waals surface area contributed by atoms with E-state index in [1.807, 2.05) is 17.5 Å². The van der Waals surface area contributed by atoms with Crippen molar-refractivity contribution in [1.82, 2.24) is 10.3 Å². The SMILES string of the molecule is COc1ccc(C(=O)NCC(=O)Nc2nc(-c3ccc(Br)s3)cs2)cc1OC. The highest BCUT2D eigenvalue weighted by molar-refractivity contribution is 9.11. The van der Waals surface area contributed by atoms with E-state index >= 15 is 0 Å². The third-order valence-corrected chi connectivity index (χ3v) is 6.04. The zero-order chi connectivity index (χ0) is 20.1. The topological polar surface area (TPSA) is 89.5 Å². The monoisotopic (exact) mass is 481 g/mol. The van der Waals surface area contributed by atoms with E-state index in [1.165, 1.54) is 25.6 Å². The van der Waals surface area contributed by atoms with Crippen LogP contribution in [0.4, 0.5) is 5.13 Å². The van der Waals surface area contributed by atoms with Gasteiger partial charge in [-0.05, 0) is 46.3 Å². The number of ether oxygens (including phenoxy) is 2. The van der Waals surface area contributed by atoms with Gasteiger partial charge in [-0.2, -0.15) is 0 Å². The van der Waals surface area contributed by atoms with Crippen LogP contribution < -0.4 is 20.1 Å². The number of halogens is 1. The molecular weight excluding hydrogens is 466 g/mol. The van der Waals surface area contributed by atoms with Gasteiger partial charge in [-0.15, -0.1) is 22.7 Å². The molecule has 0 aliphatic heterocycles. The Morgan fingerprint density at radius 2 is 1.93 bits per heavy atom. The maximum absolute atomic E-state index is 12.3. The van der Waals surface area contributed by atoms with Crippen LogP contribution in [0, 0.1) is 0 Å². The highest BCUT2D eigenvalue weighted by Crippen LogP contribution is 2.33. The Morgan fingerprint density at radius 1 is 1.14 bits per heavy atom. The summed E-state index contributed by atoms with van der Waals surface area (Å²) in [5.74, 6) is 0.214. The molecule has 0 spiro atoms. The largest absolute Gasteiger partial charge is 0.493 e. The van der Waals surface area contributed by atoms with Gasteiger partial charge in [-0.3, -0.25) is 9.59 Å². The number of amides is 2. The summed E-state index contributed by atoms with van der Waals surface area (Å²) in [5.41, 5.74) is 1.16. The maximum Gasteiger partial charge on any atom is 0.251 e. The first-order valence-electron chi connectivity index (χ1n) is 8.01. The number of hydrogen-bond acceptors (Lipinski definition) is 7. The van der Waals surface area contributed by atoms with Gasteiger partial charge in [0.2, 0.25) is 5.91 Å². The molecule has 146 valence electrons. The Bertz CT molecular complexity index is 1000. The smallest absolute Gasteiger partial charge is 0.251 e. The summed E-state index contributed by atoms with van der Waals surface area (Å²) in [4.78, 5) is 29.8. The van der Waals surface area contributed by atoms with Crippen molar-refractivity contribution in [2.75, 3.05) is 26.1 Å². The van der Waals surface area contributed by atoms with E-state index in [0.29, 0.717) is 22.2 Å². The standard InChI is InChI=1S/C18H16BrN3O4S2/c1-25-12-4-3-10(7-13(12)26-2)17(24)20-8-16(23)22-18-21-11(9-27-18)14-5-6-15(19)28-14/h3-7,9H,8H2,1-2H3,(H,20,24)(H,21,22,23). The summed E-state index contributed by atoms with van der Waals surface area (Å²) >= 11 is 6.31. The van der Waals surface area contributed by atoms with Crippen molar-refractivity contribution in [1.29, 1.82) is 0 Å². The number of nitrogens with one attached hydrogen (secondary N) is 2. The van der Waals surface area contributed by atoms with Gasteiger partial charge in [-0.1, -0.05) is 0 Å². The van der Waals surface area contributed by atoms with E-state index in [0.717, 1.165) is 14.4 Å². The van der Waals surface area contributed by atoms with Crippen molar-refractivity contribution < 1.29 is 19.1 Å². The molecule has 3 rings (SSSR count). The number of carbonyl (C=O) groups excluding carboxylic acids is 2. The number of thiophene rings is 1. The zero-order valence-electron chi connectivity index (χ0n) is 14.9. The van der Waals surface area contributed by atoms with E-state index in [1.54, 1.807) is 29.5 Å². The van der Waals surface area contributed by atoms with Gasteiger partial charge in [0.25, 0.3) is 5.91 Å². The number of thiazole rings is 1. The average Bonchev–Trinajstić information content (AvgIpc) is 3.34.